The van der Waals surface area contributed by atoms with Crippen LogP contribution < -0.4 is 11.1 Å². The fraction of sp³-hybridized carbons (Fsp3) is 0.107. The minimum Gasteiger partial charge on any atom is -0.459 e. The van der Waals surface area contributed by atoms with Gasteiger partial charge in [0.1, 0.15) is 28.7 Å². The van der Waals surface area contributed by atoms with Crippen molar-refractivity contribution in [3.8, 4) is 22.3 Å². The Balaban J connectivity index is 1.45. The monoisotopic (exact) mass is 482 g/mol. The zero-order valence-electron chi connectivity index (χ0n) is 19.7. The zero-order valence-corrected chi connectivity index (χ0v) is 19.7. The highest BCUT2D eigenvalue weighted by Gasteiger charge is 2.18. The molecular weight excluding hydrogens is 459 g/mol. The number of aryl methyl sites for hydroxylation is 2. The van der Waals surface area contributed by atoms with Gasteiger partial charge in [0.05, 0.1) is 12.2 Å². The van der Waals surface area contributed by atoms with E-state index < -0.39 is 0 Å². The molecule has 3 aromatic heterocycles. The summed E-state index contributed by atoms with van der Waals surface area (Å²) in [5, 5.41) is 7.75. The normalized spacial score (nSPS) is 11.4. The fourth-order valence-electron chi connectivity index (χ4n) is 4.10. The zero-order chi connectivity index (χ0) is 25.2. The van der Waals surface area contributed by atoms with E-state index in [0.29, 0.717) is 22.9 Å². The number of carbonyl (C=O) groups is 1. The molecule has 0 radical (unpaired) electrons. The number of amides is 1. The van der Waals surface area contributed by atoms with Gasteiger partial charge in [0.2, 0.25) is 5.91 Å². The summed E-state index contributed by atoms with van der Waals surface area (Å²) in [6.45, 7) is 3.95. The van der Waals surface area contributed by atoms with Crippen LogP contribution in [0.3, 0.4) is 0 Å². The average molecular weight is 483 g/mol. The maximum atomic E-state index is 13.6. The van der Waals surface area contributed by atoms with Crippen LogP contribution in [0.2, 0.25) is 0 Å². The second-order valence-corrected chi connectivity index (χ2v) is 8.43. The van der Waals surface area contributed by atoms with Crippen LogP contribution in [-0.2, 0) is 11.3 Å². The molecule has 2 aromatic carbocycles. The average Bonchev–Trinajstić information content (AvgIpc) is 3.44. The van der Waals surface area contributed by atoms with Crippen molar-refractivity contribution in [1.82, 2.24) is 15.5 Å². The summed E-state index contributed by atoms with van der Waals surface area (Å²) in [5.74, 6) is 1.11. The molecule has 0 aliphatic carbocycles. The topological polar surface area (TPSA) is 107 Å². The molecule has 1 amide bonds. The second-order valence-electron chi connectivity index (χ2n) is 8.43. The molecule has 180 valence electrons. The molecule has 0 unspecified atom stereocenters. The third-order valence-electron chi connectivity index (χ3n) is 5.82. The van der Waals surface area contributed by atoms with Gasteiger partial charge >= 0.3 is 0 Å². The lowest BCUT2D eigenvalue weighted by Gasteiger charge is -2.07. The predicted molar refractivity (Wildman–Crippen MR) is 136 cm³/mol. The van der Waals surface area contributed by atoms with Gasteiger partial charge in [0, 0.05) is 28.8 Å². The van der Waals surface area contributed by atoms with E-state index in [1.165, 1.54) is 18.2 Å². The minimum atomic E-state index is -0.317. The number of rotatable bonds is 6. The lowest BCUT2D eigenvalue weighted by molar-refractivity contribution is -0.116. The highest BCUT2D eigenvalue weighted by molar-refractivity contribution is 5.97. The Morgan fingerprint density at radius 1 is 1.08 bits per heavy atom. The number of pyridine rings is 1. The highest BCUT2D eigenvalue weighted by atomic mass is 19.1. The first-order valence-electron chi connectivity index (χ1n) is 11.3. The molecule has 0 bridgehead atoms. The van der Waals surface area contributed by atoms with Crippen LogP contribution >= 0.6 is 0 Å². The summed E-state index contributed by atoms with van der Waals surface area (Å²) in [6, 6.07) is 15.6. The van der Waals surface area contributed by atoms with Crippen LogP contribution in [0.1, 0.15) is 22.8 Å². The van der Waals surface area contributed by atoms with Crippen molar-refractivity contribution >= 4 is 28.8 Å². The number of nitrogen functional groups attached to an aromatic ring is 1. The smallest absolute Gasteiger partial charge is 0.244 e. The second kappa shape index (κ2) is 9.50. The summed E-state index contributed by atoms with van der Waals surface area (Å²) in [4.78, 5) is 16.3. The molecule has 5 rings (SSSR count). The number of aromatic nitrogens is 2. The molecule has 0 aliphatic heterocycles. The number of nitrogens with zero attached hydrogens (tertiary/aromatic N) is 2. The van der Waals surface area contributed by atoms with Crippen LogP contribution in [0.4, 0.5) is 10.2 Å². The van der Waals surface area contributed by atoms with Crippen LogP contribution in [-0.4, -0.2) is 16.0 Å². The Morgan fingerprint density at radius 2 is 1.89 bits per heavy atom. The largest absolute Gasteiger partial charge is 0.459 e. The third kappa shape index (κ3) is 4.74. The van der Waals surface area contributed by atoms with E-state index >= 15 is 0 Å². The lowest BCUT2D eigenvalue weighted by Crippen LogP contribution is -2.19. The maximum Gasteiger partial charge on any atom is 0.244 e. The van der Waals surface area contributed by atoms with E-state index in [1.54, 1.807) is 36.5 Å². The number of carbonyl (C=O) groups excluding carboxylic acids is 1. The number of anilines is 1. The van der Waals surface area contributed by atoms with Crippen molar-refractivity contribution in [2.45, 2.75) is 20.4 Å². The molecule has 0 atom stereocenters. The number of nitrogens with two attached hydrogens (primary N) is 1. The predicted octanol–water partition coefficient (Wildman–Crippen LogP) is 5.82. The molecule has 0 spiro atoms. The number of hydrogen-bond acceptors (Lipinski definition) is 6. The number of furan rings is 1. The fourth-order valence-corrected chi connectivity index (χ4v) is 4.10. The van der Waals surface area contributed by atoms with Crippen LogP contribution in [0, 0.1) is 19.7 Å². The maximum absolute atomic E-state index is 13.6. The quantitative estimate of drug-likeness (QED) is 0.296. The van der Waals surface area contributed by atoms with Gasteiger partial charge in [-0.1, -0.05) is 17.3 Å². The van der Waals surface area contributed by atoms with Gasteiger partial charge in [0.15, 0.2) is 0 Å². The molecular formula is C28H23FN4O3. The molecule has 7 nitrogen and oxygen atoms in total. The summed E-state index contributed by atoms with van der Waals surface area (Å²) in [6.07, 6.45) is 4.67. The summed E-state index contributed by atoms with van der Waals surface area (Å²) in [5.41, 5.74) is 11.2. The van der Waals surface area contributed by atoms with Crippen molar-refractivity contribution in [3.05, 3.63) is 95.5 Å². The molecule has 3 heterocycles. The standard InChI is InChI=1S/C28H23FN4O3/c1-16-27(17(2)36-33-16)20-11-21-12-23(15-32-26(34)10-4-18-3-9-25(30)31-14-18)35-28(21)24(13-20)19-5-7-22(29)8-6-19/h3-14H,15H2,1-2H3,(H2,30,31)(H,32,34)/b10-4+. The Hall–Kier alpha value is -4.72. The molecule has 5 aromatic rings. The minimum absolute atomic E-state index is 0.196. The van der Waals surface area contributed by atoms with Crippen molar-refractivity contribution in [2.24, 2.45) is 0 Å². The van der Waals surface area contributed by atoms with Crippen LogP contribution in [0.15, 0.2) is 75.8 Å². The SMILES string of the molecule is Cc1noc(C)c1-c1cc(-c2ccc(F)cc2)c2oc(CNC(=O)/C=C/c3ccc(N)nc3)cc2c1. The number of benzene rings is 2. The van der Waals surface area contributed by atoms with Gasteiger partial charge in [-0.15, -0.1) is 0 Å². The van der Waals surface area contributed by atoms with Gasteiger partial charge in [-0.2, -0.15) is 0 Å². The molecule has 8 heteroatoms. The number of fused-ring (bicyclic) bond motifs is 1. The Bertz CT molecular complexity index is 1560. The Morgan fingerprint density at radius 3 is 2.58 bits per heavy atom. The van der Waals surface area contributed by atoms with Gasteiger partial charge in [0.25, 0.3) is 0 Å². The van der Waals surface area contributed by atoms with Gasteiger partial charge in [-0.05, 0) is 79.1 Å². The first-order chi connectivity index (χ1) is 17.4. The van der Waals surface area contributed by atoms with Gasteiger partial charge in [-0.3, -0.25) is 4.79 Å². The van der Waals surface area contributed by atoms with Crippen molar-refractivity contribution in [2.75, 3.05) is 5.73 Å². The van der Waals surface area contributed by atoms with E-state index in [1.807, 2.05) is 32.0 Å². The van der Waals surface area contributed by atoms with E-state index in [9.17, 15) is 9.18 Å². The molecule has 0 aliphatic rings. The Labute approximate surface area is 206 Å². The molecule has 0 fully saturated rings. The van der Waals surface area contributed by atoms with E-state index in [-0.39, 0.29) is 18.3 Å². The van der Waals surface area contributed by atoms with Crippen molar-refractivity contribution in [3.63, 3.8) is 0 Å². The van der Waals surface area contributed by atoms with E-state index in [4.69, 9.17) is 14.7 Å². The highest BCUT2D eigenvalue weighted by Crippen LogP contribution is 2.38. The van der Waals surface area contributed by atoms with Crippen LogP contribution in [0.25, 0.3) is 39.3 Å². The number of halogens is 1. The number of hydrogen-bond donors (Lipinski definition) is 2. The lowest BCUT2D eigenvalue weighted by atomic mass is 9.96. The molecule has 3 N–H and O–H groups in total. The van der Waals surface area contributed by atoms with Crippen molar-refractivity contribution < 1.29 is 18.1 Å². The van der Waals surface area contributed by atoms with Crippen LogP contribution in [0.5, 0.6) is 0 Å². The molecule has 36 heavy (non-hydrogen) atoms. The Kier molecular flexibility index (Phi) is 6.08. The first-order valence-corrected chi connectivity index (χ1v) is 11.3. The van der Waals surface area contributed by atoms with Gasteiger partial charge < -0.3 is 20.0 Å². The van der Waals surface area contributed by atoms with Crippen molar-refractivity contribution in [1.29, 1.82) is 0 Å². The van der Waals surface area contributed by atoms with Gasteiger partial charge in [-0.25, -0.2) is 9.37 Å². The van der Waals surface area contributed by atoms with E-state index in [0.717, 1.165) is 38.9 Å². The van der Waals surface area contributed by atoms with E-state index in [2.05, 4.69) is 15.5 Å². The number of nitrogens with one attached hydrogen (secondary N) is 1. The summed E-state index contributed by atoms with van der Waals surface area (Å²) >= 11 is 0. The summed E-state index contributed by atoms with van der Waals surface area (Å²) < 4.78 is 25.1. The third-order valence-corrected chi connectivity index (χ3v) is 5.82. The molecule has 0 saturated carbocycles. The first kappa shape index (κ1) is 23.0. The summed E-state index contributed by atoms with van der Waals surface area (Å²) in [7, 11) is 0. The molecule has 0 saturated heterocycles.